The van der Waals surface area contributed by atoms with Gasteiger partial charge in [-0.2, -0.15) is 0 Å². The second-order valence-corrected chi connectivity index (χ2v) is 3.09. The molecule has 4 heteroatoms. The zero-order chi connectivity index (χ0) is 8.81. The molecule has 12 heavy (non-hydrogen) atoms. The highest BCUT2D eigenvalue weighted by Gasteiger charge is 2.17. The molecule has 0 aromatic carbocycles. The van der Waals surface area contributed by atoms with Gasteiger partial charge in [-0.15, -0.1) is 0 Å². The Morgan fingerprint density at radius 3 is 2.75 bits per heavy atom. The van der Waals surface area contributed by atoms with E-state index in [1.165, 1.54) is 0 Å². The Hall–Kier alpha value is -0.640. The highest BCUT2D eigenvalue weighted by atomic mass is 19.1. The third kappa shape index (κ3) is 3.17. The lowest BCUT2D eigenvalue weighted by Crippen LogP contribution is -2.38. The van der Waals surface area contributed by atoms with E-state index < -0.39 is 6.17 Å². The number of alkyl halides is 1. The summed E-state index contributed by atoms with van der Waals surface area (Å²) < 4.78 is 12.6. The Balaban J connectivity index is 2.05. The van der Waals surface area contributed by atoms with Crippen LogP contribution in [-0.2, 0) is 4.79 Å². The maximum Gasteiger partial charge on any atom is 0.207 e. The number of amides is 1. The van der Waals surface area contributed by atoms with E-state index >= 15 is 0 Å². The number of halogens is 1. The van der Waals surface area contributed by atoms with Gasteiger partial charge in [0.2, 0.25) is 6.41 Å². The number of nitrogens with zero attached hydrogens (tertiary/aromatic N) is 1. The predicted molar refractivity (Wildman–Crippen MR) is 44.6 cm³/mol. The van der Waals surface area contributed by atoms with Crippen LogP contribution in [0.1, 0.15) is 12.8 Å². The number of nitrogens with one attached hydrogen (secondary N) is 1. The smallest absolute Gasteiger partial charge is 0.207 e. The van der Waals surface area contributed by atoms with Gasteiger partial charge in [-0.3, -0.25) is 4.79 Å². The number of likely N-dealkylation sites (tertiary alicyclic amines) is 1. The molecule has 70 valence electrons. The van der Waals surface area contributed by atoms with Crippen LogP contribution in [0.2, 0.25) is 0 Å². The number of carbonyl (C=O) groups excluding carboxylic acids is 1. The summed E-state index contributed by atoms with van der Waals surface area (Å²) in [6, 6.07) is 0. The van der Waals surface area contributed by atoms with Crippen molar-refractivity contribution in [3.8, 4) is 0 Å². The van der Waals surface area contributed by atoms with Crippen molar-refractivity contribution in [2.24, 2.45) is 0 Å². The first-order valence-corrected chi connectivity index (χ1v) is 4.36. The van der Waals surface area contributed by atoms with Gasteiger partial charge in [-0.25, -0.2) is 4.39 Å². The summed E-state index contributed by atoms with van der Waals surface area (Å²) in [7, 11) is 0. The minimum atomic E-state index is -0.611. The molecule has 1 amide bonds. The van der Waals surface area contributed by atoms with Crippen molar-refractivity contribution in [1.82, 2.24) is 10.2 Å². The fourth-order valence-corrected chi connectivity index (χ4v) is 1.41. The summed E-state index contributed by atoms with van der Waals surface area (Å²) in [4.78, 5) is 12.1. The molecule has 0 spiro atoms. The van der Waals surface area contributed by atoms with Crippen molar-refractivity contribution in [2.45, 2.75) is 19.0 Å². The molecule has 1 fully saturated rings. The Morgan fingerprint density at radius 2 is 2.17 bits per heavy atom. The van der Waals surface area contributed by atoms with E-state index in [2.05, 4.69) is 10.2 Å². The van der Waals surface area contributed by atoms with Crippen LogP contribution >= 0.6 is 0 Å². The molecule has 1 rings (SSSR count). The lowest BCUT2D eigenvalue weighted by atomic mass is 10.1. The molecule has 1 aliphatic heterocycles. The van der Waals surface area contributed by atoms with Crippen molar-refractivity contribution in [2.75, 3.05) is 26.2 Å². The van der Waals surface area contributed by atoms with Gasteiger partial charge in [0, 0.05) is 26.2 Å². The van der Waals surface area contributed by atoms with Crippen molar-refractivity contribution in [3.05, 3.63) is 0 Å². The maximum absolute atomic E-state index is 12.6. The zero-order valence-electron chi connectivity index (χ0n) is 7.13. The van der Waals surface area contributed by atoms with Crippen LogP contribution in [0.4, 0.5) is 4.39 Å². The Morgan fingerprint density at radius 1 is 1.50 bits per heavy atom. The minimum absolute atomic E-state index is 0.611. The van der Waals surface area contributed by atoms with Crippen LogP contribution in [-0.4, -0.2) is 43.7 Å². The van der Waals surface area contributed by atoms with Gasteiger partial charge in [0.25, 0.3) is 0 Å². The van der Waals surface area contributed by atoms with Gasteiger partial charge in [-0.05, 0) is 12.8 Å². The van der Waals surface area contributed by atoms with Gasteiger partial charge in [0.15, 0.2) is 0 Å². The third-order valence-electron chi connectivity index (χ3n) is 2.17. The molecular formula is C8H15FN2O. The van der Waals surface area contributed by atoms with Gasteiger partial charge < -0.3 is 10.2 Å². The van der Waals surface area contributed by atoms with E-state index in [4.69, 9.17) is 0 Å². The first-order chi connectivity index (χ1) is 5.83. The minimum Gasteiger partial charge on any atom is -0.357 e. The second-order valence-electron chi connectivity index (χ2n) is 3.09. The van der Waals surface area contributed by atoms with E-state index in [-0.39, 0.29) is 0 Å². The third-order valence-corrected chi connectivity index (χ3v) is 2.17. The molecule has 0 saturated carbocycles. The van der Waals surface area contributed by atoms with Gasteiger partial charge in [-0.1, -0.05) is 0 Å². The molecule has 1 aliphatic rings. The summed E-state index contributed by atoms with van der Waals surface area (Å²) in [5.74, 6) is 0. The molecule has 0 atom stereocenters. The number of rotatable bonds is 4. The fraction of sp³-hybridized carbons (Fsp3) is 0.875. The van der Waals surface area contributed by atoms with E-state index in [1.54, 1.807) is 0 Å². The van der Waals surface area contributed by atoms with E-state index in [0.717, 1.165) is 19.6 Å². The van der Waals surface area contributed by atoms with Crippen LogP contribution in [0.15, 0.2) is 0 Å². The molecule has 0 aromatic heterocycles. The first kappa shape index (κ1) is 9.45. The first-order valence-electron chi connectivity index (χ1n) is 4.36. The van der Waals surface area contributed by atoms with Gasteiger partial charge in [0.1, 0.15) is 6.17 Å². The van der Waals surface area contributed by atoms with Gasteiger partial charge >= 0.3 is 0 Å². The van der Waals surface area contributed by atoms with Gasteiger partial charge in [0.05, 0.1) is 0 Å². The Labute approximate surface area is 71.9 Å². The van der Waals surface area contributed by atoms with Crippen LogP contribution < -0.4 is 5.32 Å². The predicted octanol–water partition coefficient (Wildman–Crippen LogP) is 0.166. The van der Waals surface area contributed by atoms with Crippen molar-refractivity contribution < 1.29 is 9.18 Å². The standard InChI is InChI=1S/C8H15FN2O/c9-8-1-4-11(5-2-8)6-3-10-7-12/h7-8H,1-6H2,(H,10,12). The second kappa shape index (κ2) is 5.09. The molecule has 0 aliphatic carbocycles. The average Bonchev–Trinajstić information content (AvgIpc) is 2.09. The Bertz CT molecular complexity index is 135. The molecule has 3 nitrogen and oxygen atoms in total. The van der Waals surface area contributed by atoms with Crippen LogP contribution in [0.5, 0.6) is 0 Å². The summed E-state index contributed by atoms with van der Waals surface area (Å²) in [5, 5.41) is 2.59. The largest absolute Gasteiger partial charge is 0.357 e. The average molecular weight is 174 g/mol. The van der Waals surface area contributed by atoms with Crippen molar-refractivity contribution >= 4 is 6.41 Å². The lowest BCUT2D eigenvalue weighted by molar-refractivity contribution is -0.109. The topological polar surface area (TPSA) is 32.3 Å². The van der Waals surface area contributed by atoms with Crippen molar-refractivity contribution in [1.29, 1.82) is 0 Å². The normalized spacial score (nSPS) is 20.8. The van der Waals surface area contributed by atoms with Crippen LogP contribution in [0.3, 0.4) is 0 Å². The summed E-state index contributed by atoms with van der Waals surface area (Å²) in [5.41, 5.74) is 0. The van der Waals surface area contributed by atoms with Crippen LogP contribution in [0.25, 0.3) is 0 Å². The Kier molecular flexibility index (Phi) is 4.00. The SMILES string of the molecule is O=CNCCN1CCC(F)CC1. The number of piperidine rings is 1. The molecule has 0 aromatic rings. The lowest BCUT2D eigenvalue weighted by Gasteiger charge is -2.28. The molecule has 0 radical (unpaired) electrons. The highest BCUT2D eigenvalue weighted by molar-refractivity contribution is 5.45. The number of carbonyl (C=O) groups is 1. The van der Waals surface area contributed by atoms with Crippen molar-refractivity contribution in [3.63, 3.8) is 0 Å². The van der Waals surface area contributed by atoms with Crippen LogP contribution in [0, 0.1) is 0 Å². The molecule has 0 bridgehead atoms. The quantitative estimate of drug-likeness (QED) is 0.486. The summed E-state index contributed by atoms with van der Waals surface area (Å²) >= 11 is 0. The molecule has 1 heterocycles. The molecule has 1 N–H and O–H groups in total. The fourth-order valence-electron chi connectivity index (χ4n) is 1.41. The zero-order valence-corrected chi connectivity index (χ0v) is 7.13. The monoisotopic (exact) mass is 174 g/mol. The summed E-state index contributed by atoms with van der Waals surface area (Å²) in [6.45, 7) is 3.15. The number of hydrogen-bond donors (Lipinski definition) is 1. The molecule has 0 unspecified atom stereocenters. The van der Waals surface area contributed by atoms with E-state index in [9.17, 15) is 9.18 Å². The van der Waals surface area contributed by atoms with E-state index in [0.29, 0.717) is 25.8 Å². The maximum atomic E-state index is 12.6. The number of hydrogen-bond acceptors (Lipinski definition) is 2. The molecule has 1 saturated heterocycles. The summed E-state index contributed by atoms with van der Waals surface area (Å²) in [6.07, 6.45) is 1.37. The highest BCUT2D eigenvalue weighted by Crippen LogP contribution is 2.12. The van der Waals surface area contributed by atoms with E-state index in [1.807, 2.05) is 0 Å². The molecular weight excluding hydrogens is 159 g/mol.